The first kappa shape index (κ1) is 7.63. The number of ether oxygens (including phenoxy) is 1. The summed E-state index contributed by atoms with van der Waals surface area (Å²) in [6, 6.07) is 2.08. The van der Waals surface area contributed by atoms with Crippen LogP contribution in [0.25, 0.3) is 0 Å². The van der Waals surface area contributed by atoms with Crippen molar-refractivity contribution in [2.24, 2.45) is 11.8 Å². The Hall–Kier alpha value is -1.01. The number of nitrogens with zero attached hydrogens (tertiary/aromatic N) is 1. The van der Waals surface area contributed by atoms with E-state index in [1.54, 1.807) is 6.08 Å². The van der Waals surface area contributed by atoms with E-state index >= 15 is 0 Å². The minimum absolute atomic E-state index is 0.254. The van der Waals surface area contributed by atoms with Crippen LogP contribution < -0.4 is 0 Å². The van der Waals surface area contributed by atoms with E-state index in [1.807, 2.05) is 0 Å². The number of hydrogen-bond acceptors (Lipinski definition) is 3. The van der Waals surface area contributed by atoms with Crippen LogP contribution in [0, 0.1) is 23.2 Å². The highest BCUT2D eigenvalue weighted by molar-refractivity contribution is 6.30. The third-order valence-electron chi connectivity index (χ3n) is 2.22. The summed E-state index contributed by atoms with van der Waals surface area (Å²) >= 11 is 5.78. The molecular formula is C8H6ClNO2. The number of carbonyl (C=O) groups is 1. The number of esters is 1. The molecule has 1 aliphatic carbocycles. The molecule has 0 saturated carbocycles. The molecule has 0 aromatic rings. The molecule has 3 nitrogen and oxygen atoms in total. The van der Waals surface area contributed by atoms with E-state index in [4.69, 9.17) is 21.6 Å². The summed E-state index contributed by atoms with van der Waals surface area (Å²) < 4.78 is 4.94. The zero-order valence-corrected chi connectivity index (χ0v) is 6.91. The Bertz CT molecular complexity index is 305. The second-order valence-corrected chi connectivity index (χ2v) is 3.42. The van der Waals surface area contributed by atoms with Crippen molar-refractivity contribution >= 4 is 17.6 Å². The van der Waals surface area contributed by atoms with Crippen molar-refractivity contribution in [2.75, 3.05) is 0 Å². The molecule has 3 rings (SSSR count). The second-order valence-electron chi connectivity index (χ2n) is 2.99. The van der Waals surface area contributed by atoms with Gasteiger partial charge in [-0.1, -0.05) is 17.7 Å². The highest BCUT2D eigenvalue weighted by Gasteiger charge is 2.43. The predicted octanol–water partition coefficient (Wildman–Crippen LogP) is 1.19. The Kier molecular flexibility index (Phi) is 1.59. The van der Waals surface area contributed by atoms with Crippen LogP contribution in [0.3, 0.4) is 0 Å². The van der Waals surface area contributed by atoms with Crippen molar-refractivity contribution in [3.63, 3.8) is 0 Å². The maximum atomic E-state index is 11.0. The van der Waals surface area contributed by atoms with Crippen LogP contribution in [-0.2, 0) is 9.53 Å². The van der Waals surface area contributed by atoms with Gasteiger partial charge < -0.3 is 4.74 Å². The van der Waals surface area contributed by atoms with Gasteiger partial charge in [-0.25, -0.2) is 0 Å². The van der Waals surface area contributed by atoms with Crippen molar-refractivity contribution in [1.82, 2.24) is 0 Å². The largest absolute Gasteiger partial charge is 0.455 e. The molecule has 0 spiro atoms. The normalized spacial score (nSPS) is 38.5. The number of hydrogen-bond donors (Lipinski definition) is 0. The van der Waals surface area contributed by atoms with Gasteiger partial charge in [0.05, 0.1) is 22.9 Å². The Morgan fingerprint density at radius 2 is 2.50 bits per heavy atom. The second kappa shape index (κ2) is 2.49. The minimum atomic E-state index is -0.505. The lowest BCUT2D eigenvalue weighted by atomic mass is 9.82. The van der Waals surface area contributed by atoms with E-state index in [2.05, 4.69) is 6.07 Å². The van der Waals surface area contributed by atoms with Gasteiger partial charge in [0.25, 0.3) is 0 Å². The molecule has 2 heterocycles. The van der Waals surface area contributed by atoms with E-state index in [0.29, 0.717) is 11.5 Å². The molecule has 2 bridgehead atoms. The van der Waals surface area contributed by atoms with Gasteiger partial charge >= 0.3 is 5.97 Å². The summed E-state index contributed by atoms with van der Waals surface area (Å²) in [5.74, 6) is -0.812. The maximum Gasteiger partial charge on any atom is 0.313 e. The first-order valence-corrected chi connectivity index (χ1v) is 4.07. The molecule has 0 unspecified atom stereocenters. The van der Waals surface area contributed by atoms with Gasteiger partial charge in [-0.3, -0.25) is 4.79 Å². The van der Waals surface area contributed by atoms with Crippen LogP contribution in [0.2, 0.25) is 0 Å². The highest BCUT2D eigenvalue weighted by Crippen LogP contribution is 2.38. The fraction of sp³-hybridized carbons (Fsp3) is 0.500. The molecule has 0 N–H and O–H groups in total. The molecule has 3 atom stereocenters. The molecule has 1 fully saturated rings. The lowest BCUT2D eigenvalue weighted by Gasteiger charge is -2.35. The topological polar surface area (TPSA) is 50.1 Å². The van der Waals surface area contributed by atoms with Gasteiger partial charge in [0.15, 0.2) is 6.10 Å². The lowest BCUT2D eigenvalue weighted by Crippen LogP contribution is -2.41. The Morgan fingerprint density at radius 1 is 1.75 bits per heavy atom. The van der Waals surface area contributed by atoms with E-state index in [9.17, 15) is 4.79 Å². The third kappa shape index (κ3) is 0.919. The van der Waals surface area contributed by atoms with Crippen LogP contribution in [0.1, 0.15) is 6.42 Å². The SMILES string of the molecule is N#C[C@H]1C[C@@H]2C=C(Cl)[C@H]1OC2=O. The predicted molar refractivity (Wildman–Crippen MR) is 41.0 cm³/mol. The van der Waals surface area contributed by atoms with Crippen molar-refractivity contribution in [3.05, 3.63) is 11.1 Å². The van der Waals surface area contributed by atoms with Crippen LogP contribution >= 0.6 is 11.6 Å². The van der Waals surface area contributed by atoms with Gasteiger partial charge in [-0.15, -0.1) is 0 Å². The summed E-state index contributed by atoms with van der Waals surface area (Å²) in [6.45, 7) is 0. The number of fused-ring (bicyclic) bond motifs is 2. The van der Waals surface area contributed by atoms with Crippen LogP contribution in [-0.4, -0.2) is 12.1 Å². The average Bonchev–Trinajstić information content (AvgIpc) is 2.06. The molecule has 62 valence electrons. The molecule has 0 radical (unpaired) electrons. The third-order valence-corrected chi connectivity index (χ3v) is 2.56. The molecule has 2 aliphatic heterocycles. The molecule has 0 aromatic carbocycles. The fourth-order valence-electron chi connectivity index (χ4n) is 1.58. The summed E-state index contributed by atoms with van der Waals surface area (Å²) in [6.07, 6.45) is 1.73. The van der Waals surface area contributed by atoms with E-state index in [-0.39, 0.29) is 17.8 Å². The average molecular weight is 184 g/mol. The molecule has 0 amide bonds. The molecular weight excluding hydrogens is 178 g/mol. The summed E-state index contributed by atoms with van der Waals surface area (Å²) in [5.41, 5.74) is 0. The van der Waals surface area contributed by atoms with Crippen LogP contribution in [0.5, 0.6) is 0 Å². The van der Waals surface area contributed by atoms with E-state index < -0.39 is 6.10 Å². The van der Waals surface area contributed by atoms with Crippen molar-refractivity contribution < 1.29 is 9.53 Å². The fourth-order valence-corrected chi connectivity index (χ4v) is 1.93. The number of nitriles is 1. The standard InChI is InChI=1S/C8H6ClNO2/c9-6-2-4-1-5(3-10)7(6)12-8(4)11/h2,4-5,7H,1H2/t4-,5-,7+/m1/s1. The quantitative estimate of drug-likeness (QED) is 0.530. The molecule has 4 heteroatoms. The van der Waals surface area contributed by atoms with Crippen molar-refractivity contribution in [1.29, 1.82) is 5.26 Å². The van der Waals surface area contributed by atoms with Gasteiger partial charge in [-0.2, -0.15) is 5.26 Å². The van der Waals surface area contributed by atoms with Crippen LogP contribution in [0.4, 0.5) is 0 Å². The van der Waals surface area contributed by atoms with Gasteiger partial charge in [0.1, 0.15) is 0 Å². The molecule has 3 aliphatic rings. The zero-order chi connectivity index (χ0) is 8.72. The van der Waals surface area contributed by atoms with Crippen molar-refractivity contribution in [3.8, 4) is 6.07 Å². The first-order valence-electron chi connectivity index (χ1n) is 3.69. The monoisotopic (exact) mass is 183 g/mol. The van der Waals surface area contributed by atoms with Gasteiger partial charge in [0, 0.05) is 0 Å². The summed E-state index contributed by atoms with van der Waals surface area (Å²) in [4.78, 5) is 11.0. The van der Waals surface area contributed by atoms with Gasteiger partial charge in [-0.05, 0) is 6.42 Å². The van der Waals surface area contributed by atoms with Gasteiger partial charge in [0.2, 0.25) is 0 Å². The highest BCUT2D eigenvalue weighted by atomic mass is 35.5. The Balaban J connectivity index is 2.35. The summed E-state index contributed by atoms with van der Waals surface area (Å²) in [7, 11) is 0. The molecule has 0 aromatic heterocycles. The molecule has 1 saturated heterocycles. The number of carbonyl (C=O) groups excluding carboxylic acids is 1. The molecule has 12 heavy (non-hydrogen) atoms. The zero-order valence-electron chi connectivity index (χ0n) is 6.16. The Morgan fingerprint density at radius 3 is 3.08 bits per heavy atom. The lowest BCUT2D eigenvalue weighted by molar-refractivity contribution is -0.159. The Labute approximate surface area is 74.6 Å². The van der Waals surface area contributed by atoms with E-state index in [1.165, 1.54) is 0 Å². The van der Waals surface area contributed by atoms with Crippen LogP contribution in [0.15, 0.2) is 11.1 Å². The number of halogens is 1. The first-order chi connectivity index (χ1) is 5.72. The minimum Gasteiger partial charge on any atom is -0.455 e. The number of rotatable bonds is 0. The van der Waals surface area contributed by atoms with E-state index in [0.717, 1.165) is 0 Å². The van der Waals surface area contributed by atoms with Crippen molar-refractivity contribution in [2.45, 2.75) is 12.5 Å². The smallest absolute Gasteiger partial charge is 0.313 e. The maximum absolute atomic E-state index is 11.0. The summed E-state index contributed by atoms with van der Waals surface area (Å²) in [5, 5.41) is 9.19.